The average Bonchev–Trinajstić information content (AvgIpc) is 2.50. The Balaban J connectivity index is 2.66. The van der Waals surface area contributed by atoms with Crippen LogP contribution in [0.25, 0.3) is 0 Å². The SMILES string of the molecule is Cc1ccc(N(C)C)c2c1CCC2=O. The number of carbonyl (C=O) groups is 1. The molecule has 0 saturated carbocycles. The van der Waals surface area contributed by atoms with E-state index in [0.29, 0.717) is 12.2 Å². The molecule has 0 atom stereocenters. The second-order valence-corrected chi connectivity index (χ2v) is 4.07. The van der Waals surface area contributed by atoms with Crippen LogP contribution in [-0.2, 0) is 6.42 Å². The molecular formula is C12H15NO. The molecule has 0 bridgehead atoms. The van der Waals surface area contributed by atoms with Crippen molar-refractivity contribution in [1.82, 2.24) is 0 Å². The van der Waals surface area contributed by atoms with Gasteiger partial charge in [0.05, 0.1) is 0 Å². The van der Waals surface area contributed by atoms with Gasteiger partial charge >= 0.3 is 0 Å². The molecule has 0 aromatic heterocycles. The van der Waals surface area contributed by atoms with E-state index in [1.54, 1.807) is 0 Å². The summed E-state index contributed by atoms with van der Waals surface area (Å²) in [5.41, 5.74) is 4.51. The van der Waals surface area contributed by atoms with E-state index < -0.39 is 0 Å². The summed E-state index contributed by atoms with van der Waals surface area (Å²) in [6.45, 7) is 2.08. The molecule has 1 aromatic carbocycles. The van der Waals surface area contributed by atoms with Gasteiger partial charge in [0, 0.05) is 31.8 Å². The summed E-state index contributed by atoms with van der Waals surface area (Å²) >= 11 is 0. The third-order valence-electron chi connectivity index (χ3n) is 2.89. The van der Waals surface area contributed by atoms with Gasteiger partial charge in [-0.15, -0.1) is 0 Å². The lowest BCUT2D eigenvalue weighted by Gasteiger charge is -2.17. The van der Waals surface area contributed by atoms with E-state index in [-0.39, 0.29) is 0 Å². The molecule has 0 fully saturated rings. The van der Waals surface area contributed by atoms with Gasteiger partial charge in [0.1, 0.15) is 0 Å². The summed E-state index contributed by atoms with van der Waals surface area (Å²) in [6.07, 6.45) is 1.60. The normalized spacial score (nSPS) is 14.4. The highest BCUT2D eigenvalue weighted by atomic mass is 16.1. The van der Waals surface area contributed by atoms with Gasteiger partial charge in [-0.25, -0.2) is 0 Å². The van der Waals surface area contributed by atoms with E-state index in [1.807, 2.05) is 25.1 Å². The van der Waals surface area contributed by atoms with Crippen LogP contribution in [0.3, 0.4) is 0 Å². The fourth-order valence-corrected chi connectivity index (χ4v) is 2.11. The van der Waals surface area contributed by atoms with Crippen molar-refractivity contribution in [2.45, 2.75) is 19.8 Å². The molecule has 0 aliphatic heterocycles. The zero-order chi connectivity index (χ0) is 10.3. The molecule has 2 heteroatoms. The molecule has 1 aliphatic rings. The summed E-state index contributed by atoms with van der Waals surface area (Å²) in [5, 5.41) is 0. The molecule has 0 N–H and O–H groups in total. The van der Waals surface area contributed by atoms with Gasteiger partial charge in [0.25, 0.3) is 0 Å². The Morgan fingerprint density at radius 2 is 1.93 bits per heavy atom. The Labute approximate surface area is 84.5 Å². The Morgan fingerprint density at radius 1 is 1.21 bits per heavy atom. The molecule has 1 aliphatic carbocycles. The fourth-order valence-electron chi connectivity index (χ4n) is 2.11. The van der Waals surface area contributed by atoms with Crippen molar-refractivity contribution < 1.29 is 4.79 Å². The molecule has 0 heterocycles. The number of Topliss-reactive ketones (excluding diaryl/α,β-unsaturated/α-hetero) is 1. The van der Waals surface area contributed by atoms with E-state index in [9.17, 15) is 4.79 Å². The molecule has 74 valence electrons. The highest BCUT2D eigenvalue weighted by molar-refractivity contribution is 6.05. The van der Waals surface area contributed by atoms with Crippen LogP contribution < -0.4 is 4.90 Å². The Kier molecular flexibility index (Phi) is 2.06. The summed E-state index contributed by atoms with van der Waals surface area (Å²) < 4.78 is 0. The number of aryl methyl sites for hydroxylation is 1. The van der Waals surface area contributed by atoms with Crippen LogP contribution in [0.5, 0.6) is 0 Å². The van der Waals surface area contributed by atoms with E-state index in [4.69, 9.17) is 0 Å². The number of ketones is 1. The topological polar surface area (TPSA) is 20.3 Å². The molecular weight excluding hydrogens is 174 g/mol. The monoisotopic (exact) mass is 189 g/mol. The van der Waals surface area contributed by atoms with Gasteiger partial charge in [-0.2, -0.15) is 0 Å². The number of nitrogens with zero attached hydrogens (tertiary/aromatic N) is 1. The minimum Gasteiger partial charge on any atom is -0.377 e. The highest BCUT2D eigenvalue weighted by Gasteiger charge is 2.24. The predicted octanol–water partition coefficient (Wildman–Crippen LogP) is 2.19. The van der Waals surface area contributed by atoms with Crippen LogP contribution in [-0.4, -0.2) is 19.9 Å². The first-order valence-electron chi connectivity index (χ1n) is 4.94. The first-order chi connectivity index (χ1) is 6.61. The minimum absolute atomic E-state index is 0.299. The number of rotatable bonds is 1. The highest BCUT2D eigenvalue weighted by Crippen LogP contribution is 2.32. The van der Waals surface area contributed by atoms with Crippen molar-refractivity contribution in [3.8, 4) is 0 Å². The molecule has 0 radical (unpaired) electrons. The number of benzene rings is 1. The number of anilines is 1. The molecule has 1 aromatic rings. The van der Waals surface area contributed by atoms with E-state index in [1.165, 1.54) is 11.1 Å². The zero-order valence-electron chi connectivity index (χ0n) is 8.92. The van der Waals surface area contributed by atoms with Gasteiger partial charge in [0.15, 0.2) is 5.78 Å². The van der Waals surface area contributed by atoms with Crippen LogP contribution in [0.1, 0.15) is 27.9 Å². The molecule has 0 unspecified atom stereocenters. The van der Waals surface area contributed by atoms with Crippen LogP contribution in [0.15, 0.2) is 12.1 Å². The Morgan fingerprint density at radius 3 is 2.57 bits per heavy atom. The van der Waals surface area contributed by atoms with Crippen molar-refractivity contribution in [3.05, 3.63) is 28.8 Å². The van der Waals surface area contributed by atoms with Crippen LogP contribution in [0.4, 0.5) is 5.69 Å². The Hall–Kier alpha value is -1.31. The predicted molar refractivity (Wildman–Crippen MR) is 58.2 cm³/mol. The second-order valence-electron chi connectivity index (χ2n) is 4.07. The van der Waals surface area contributed by atoms with Crippen LogP contribution in [0, 0.1) is 6.92 Å². The average molecular weight is 189 g/mol. The third kappa shape index (κ3) is 1.22. The lowest BCUT2D eigenvalue weighted by atomic mass is 10.0. The van der Waals surface area contributed by atoms with E-state index in [2.05, 4.69) is 13.0 Å². The minimum atomic E-state index is 0.299. The van der Waals surface area contributed by atoms with Crippen molar-refractivity contribution in [2.24, 2.45) is 0 Å². The van der Waals surface area contributed by atoms with Crippen molar-refractivity contribution >= 4 is 11.5 Å². The van der Waals surface area contributed by atoms with Gasteiger partial charge in [-0.3, -0.25) is 4.79 Å². The fraction of sp³-hybridized carbons (Fsp3) is 0.417. The smallest absolute Gasteiger partial charge is 0.165 e. The standard InChI is InChI=1S/C12H15NO/c1-8-4-6-10(13(2)3)12-9(8)5-7-11(12)14/h4,6H,5,7H2,1-3H3. The molecule has 2 rings (SSSR count). The van der Waals surface area contributed by atoms with Crippen LogP contribution in [0.2, 0.25) is 0 Å². The van der Waals surface area contributed by atoms with Gasteiger partial charge in [-0.05, 0) is 30.5 Å². The number of hydrogen-bond donors (Lipinski definition) is 0. The molecule has 0 amide bonds. The lowest BCUT2D eigenvalue weighted by Crippen LogP contribution is -2.13. The summed E-state index contributed by atoms with van der Waals surface area (Å²) in [4.78, 5) is 13.7. The van der Waals surface area contributed by atoms with Crippen molar-refractivity contribution in [1.29, 1.82) is 0 Å². The largest absolute Gasteiger partial charge is 0.377 e. The first kappa shape index (κ1) is 9.25. The maximum atomic E-state index is 11.7. The van der Waals surface area contributed by atoms with Crippen molar-refractivity contribution in [3.63, 3.8) is 0 Å². The molecule has 0 spiro atoms. The summed E-state index contributed by atoms with van der Waals surface area (Å²) in [6, 6.07) is 4.14. The number of carbonyl (C=O) groups excluding carboxylic acids is 1. The molecule has 2 nitrogen and oxygen atoms in total. The zero-order valence-corrected chi connectivity index (χ0v) is 8.92. The third-order valence-corrected chi connectivity index (χ3v) is 2.89. The number of hydrogen-bond acceptors (Lipinski definition) is 2. The second kappa shape index (κ2) is 3.12. The van der Waals surface area contributed by atoms with E-state index >= 15 is 0 Å². The molecule has 0 saturated heterocycles. The number of fused-ring (bicyclic) bond motifs is 1. The van der Waals surface area contributed by atoms with Gasteiger partial charge < -0.3 is 4.90 Å². The quantitative estimate of drug-likeness (QED) is 0.675. The lowest BCUT2D eigenvalue weighted by molar-refractivity contribution is 0.0995. The van der Waals surface area contributed by atoms with E-state index in [0.717, 1.165) is 17.7 Å². The van der Waals surface area contributed by atoms with Gasteiger partial charge in [0.2, 0.25) is 0 Å². The summed E-state index contributed by atoms with van der Waals surface area (Å²) in [5.74, 6) is 0.299. The Bertz CT molecular complexity index is 394. The van der Waals surface area contributed by atoms with Crippen molar-refractivity contribution in [2.75, 3.05) is 19.0 Å². The maximum Gasteiger partial charge on any atom is 0.165 e. The summed E-state index contributed by atoms with van der Waals surface area (Å²) in [7, 11) is 3.97. The molecule has 14 heavy (non-hydrogen) atoms. The van der Waals surface area contributed by atoms with Gasteiger partial charge in [-0.1, -0.05) is 6.07 Å². The maximum absolute atomic E-state index is 11.7. The van der Waals surface area contributed by atoms with Crippen LogP contribution >= 0.6 is 0 Å². The first-order valence-corrected chi connectivity index (χ1v) is 4.94.